The summed E-state index contributed by atoms with van der Waals surface area (Å²) in [6, 6.07) is 10.3. The molecule has 0 saturated heterocycles. The Balaban J connectivity index is 1.60. The molecule has 0 aromatic heterocycles. The summed E-state index contributed by atoms with van der Waals surface area (Å²) in [5.41, 5.74) is -2.08. The lowest BCUT2D eigenvalue weighted by atomic mass is 9.75. The highest BCUT2D eigenvalue weighted by Gasteiger charge is 2.57. The standard InChI is InChI=1S/C26H25ClF2O4/c27-19-11-9-18(10-12-19)24(17-7-8-17)26(29,25(31)32)23(30)15-16-6-13-21(28)22(14-16)33-20-4-2-1-3-5-20/h1-2,4,6,9-14,17,23-24,30H,3,5,7-8,15H2,(H,31,32)/t23-,24-,26+/m1/s1. The van der Waals surface area contributed by atoms with Crippen molar-refractivity contribution >= 4 is 17.6 Å². The molecule has 0 bridgehead atoms. The van der Waals surface area contributed by atoms with Crippen LogP contribution in [-0.4, -0.2) is 28.0 Å². The summed E-state index contributed by atoms with van der Waals surface area (Å²) >= 11 is 5.95. The number of hydrogen-bond acceptors (Lipinski definition) is 3. The maximum absolute atomic E-state index is 16.3. The largest absolute Gasteiger partial charge is 0.479 e. The summed E-state index contributed by atoms with van der Waals surface area (Å²) in [6.45, 7) is 0. The van der Waals surface area contributed by atoms with Gasteiger partial charge in [-0.15, -0.1) is 0 Å². The summed E-state index contributed by atoms with van der Waals surface area (Å²) in [6.07, 6.45) is 6.13. The summed E-state index contributed by atoms with van der Waals surface area (Å²) in [5.74, 6) is -2.99. The van der Waals surface area contributed by atoms with Crippen LogP contribution in [0.1, 0.15) is 42.7 Å². The number of alkyl halides is 1. The van der Waals surface area contributed by atoms with Crippen molar-refractivity contribution in [2.24, 2.45) is 5.92 Å². The predicted octanol–water partition coefficient (Wildman–Crippen LogP) is 5.98. The van der Waals surface area contributed by atoms with Gasteiger partial charge in [0.15, 0.2) is 11.6 Å². The topological polar surface area (TPSA) is 66.8 Å². The van der Waals surface area contributed by atoms with Gasteiger partial charge in [-0.3, -0.25) is 0 Å². The van der Waals surface area contributed by atoms with E-state index in [-0.39, 0.29) is 18.1 Å². The van der Waals surface area contributed by atoms with Gasteiger partial charge in [-0.25, -0.2) is 13.6 Å². The normalized spacial score (nSPS) is 19.3. The minimum atomic E-state index is -2.93. The third kappa shape index (κ3) is 5.12. The first-order chi connectivity index (χ1) is 15.8. The molecule has 0 unspecified atom stereocenters. The Morgan fingerprint density at radius 3 is 2.55 bits per heavy atom. The zero-order valence-electron chi connectivity index (χ0n) is 17.9. The first-order valence-electron chi connectivity index (χ1n) is 11.0. The van der Waals surface area contributed by atoms with E-state index in [1.165, 1.54) is 18.2 Å². The maximum Gasteiger partial charge on any atom is 0.344 e. The number of aliphatic carboxylic acids is 1. The number of benzene rings is 2. The molecule has 0 heterocycles. The summed E-state index contributed by atoms with van der Waals surface area (Å²) in [7, 11) is 0. The van der Waals surface area contributed by atoms with Crippen LogP contribution >= 0.6 is 11.6 Å². The van der Waals surface area contributed by atoms with Crippen molar-refractivity contribution in [1.29, 1.82) is 0 Å². The van der Waals surface area contributed by atoms with Crippen LogP contribution in [0.3, 0.4) is 0 Å². The fraction of sp³-hybridized carbons (Fsp3) is 0.346. The van der Waals surface area contributed by atoms with E-state index in [0.717, 1.165) is 6.42 Å². The predicted molar refractivity (Wildman–Crippen MR) is 122 cm³/mol. The second-order valence-corrected chi connectivity index (χ2v) is 9.06. The number of carboxylic acid groups (broad SMARTS) is 1. The van der Waals surface area contributed by atoms with Crippen molar-refractivity contribution in [3.8, 4) is 5.75 Å². The highest BCUT2D eigenvalue weighted by molar-refractivity contribution is 6.30. The van der Waals surface area contributed by atoms with Crippen LogP contribution in [-0.2, 0) is 11.2 Å². The minimum Gasteiger partial charge on any atom is -0.479 e. The molecular weight excluding hydrogens is 450 g/mol. The van der Waals surface area contributed by atoms with E-state index in [1.54, 1.807) is 30.3 Å². The Kier molecular flexibility index (Phi) is 6.86. The second-order valence-electron chi connectivity index (χ2n) is 8.63. The Labute approximate surface area is 196 Å². The fourth-order valence-corrected chi connectivity index (χ4v) is 4.50. The van der Waals surface area contributed by atoms with E-state index in [1.807, 2.05) is 12.2 Å². The van der Waals surface area contributed by atoms with Crippen LogP contribution in [0.15, 0.2) is 66.5 Å². The van der Waals surface area contributed by atoms with Gasteiger partial charge in [0.2, 0.25) is 5.67 Å². The van der Waals surface area contributed by atoms with Crippen molar-refractivity contribution in [2.75, 3.05) is 0 Å². The number of aliphatic hydroxyl groups excluding tert-OH is 1. The third-order valence-electron chi connectivity index (χ3n) is 6.23. The molecule has 0 aliphatic heterocycles. The summed E-state index contributed by atoms with van der Waals surface area (Å²) in [5, 5.41) is 21.3. The van der Waals surface area contributed by atoms with Crippen molar-refractivity contribution < 1.29 is 28.5 Å². The van der Waals surface area contributed by atoms with Crippen LogP contribution in [0.4, 0.5) is 8.78 Å². The smallest absolute Gasteiger partial charge is 0.344 e. The van der Waals surface area contributed by atoms with E-state index in [2.05, 4.69) is 0 Å². The number of ether oxygens (including phenoxy) is 1. The van der Waals surface area contributed by atoms with E-state index < -0.39 is 29.5 Å². The van der Waals surface area contributed by atoms with Gasteiger partial charge in [0.1, 0.15) is 11.9 Å². The fourth-order valence-electron chi connectivity index (χ4n) is 4.37. The van der Waals surface area contributed by atoms with Gasteiger partial charge in [0, 0.05) is 23.8 Å². The Hall–Kier alpha value is -2.70. The maximum atomic E-state index is 16.3. The quantitative estimate of drug-likeness (QED) is 0.469. The van der Waals surface area contributed by atoms with Crippen LogP contribution in [0.25, 0.3) is 0 Å². The molecule has 2 N–H and O–H groups in total. The zero-order valence-corrected chi connectivity index (χ0v) is 18.6. The molecule has 1 fully saturated rings. The van der Waals surface area contributed by atoms with Crippen molar-refractivity contribution in [1.82, 2.24) is 0 Å². The molecule has 174 valence electrons. The number of aliphatic hydroxyl groups is 1. The van der Waals surface area contributed by atoms with Crippen LogP contribution in [0, 0.1) is 11.7 Å². The lowest BCUT2D eigenvalue weighted by Gasteiger charge is -2.35. The molecule has 4 nitrogen and oxygen atoms in total. The highest BCUT2D eigenvalue weighted by atomic mass is 35.5. The van der Waals surface area contributed by atoms with Gasteiger partial charge >= 0.3 is 5.97 Å². The molecule has 7 heteroatoms. The lowest BCUT2D eigenvalue weighted by molar-refractivity contribution is -0.163. The Morgan fingerprint density at radius 2 is 1.94 bits per heavy atom. The number of hydrogen-bond donors (Lipinski definition) is 2. The zero-order chi connectivity index (χ0) is 23.6. The molecule has 2 aliphatic rings. The van der Waals surface area contributed by atoms with Gasteiger partial charge in [-0.1, -0.05) is 42.0 Å². The molecule has 2 aromatic rings. The number of carbonyl (C=O) groups is 1. The van der Waals surface area contributed by atoms with Crippen LogP contribution < -0.4 is 4.74 Å². The van der Waals surface area contributed by atoms with E-state index >= 15 is 4.39 Å². The van der Waals surface area contributed by atoms with Crippen molar-refractivity contribution in [3.63, 3.8) is 0 Å². The minimum absolute atomic E-state index is 0.0440. The van der Waals surface area contributed by atoms with Crippen LogP contribution in [0.5, 0.6) is 5.75 Å². The molecule has 33 heavy (non-hydrogen) atoms. The second kappa shape index (κ2) is 9.65. The molecule has 0 spiro atoms. The molecule has 1 saturated carbocycles. The number of rotatable bonds is 9. The monoisotopic (exact) mass is 474 g/mol. The van der Waals surface area contributed by atoms with Gasteiger partial charge < -0.3 is 14.9 Å². The summed E-state index contributed by atoms with van der Waals surface area (Å²) in [4.78, 5) is 12.2. The Morgan fingerprint density at radius 1 is 1.21 bits per heavy atom. The first kappa shape index (κ1) is 23.5. The van der Waals surface area contributed by atoms with Crippen LogP contribution in [0.2, 0.25) is 5.02 Å². The molecule has 0 radical (unpaired) electrons. The number of carboxylic acids is 1. The lowest BCUT2D eigenvalue weighted by Crippen LogP contribution is -2.52. The molecule has 0 amide bonds. The Bertz CT molecular complexity index is 1080. The van der Waals surface area contributed by atoms with Crippen molar-refractivity contribution in [3.05, 3.63) is 88.4 Å². The van der Waals surface area contributed by atoms with Gasteiger partial charge in [0.05, 0.1) is 0 Å². The average Bonchev–Trinajstić information content (AvgIpc) is 3.63. The molecule has 4 rings (SSSR count). The molecular formula is C26H25ClF2O4. The first-order valence-corrected chi connectivity index (χ1v) is 11.3. The average molecular weight is 475 g/mol. The van der Waals surface area contributed by atoms with Gasteiger partial charge in [0.25, 0.3) is 0 Å². The van der Waals surface area contributed by atoms with Gasteiger partial charge in [-0.05, 0) is 66.6 Å². The molecule has 3 atom stereocenters. The highest BCUT2D eigenvalue weighted by Crippen LogP contribution is 2.51. The third-order valence-corrected chi connectivity index (χ3v) is 6.48. The van der Waals surface area contributed by atoms with Crippen molar-refractivity contribution in [2.45, 2.75) is 49.8 Å². The van der Waals surface area contributed by atoms with E-state index in [0.29, 0.717) is 41.2 Å². The van der Waals surface area contributed by atoms with Gasteiger partial charge in [-0.2, -0.15) is 0 Å². The molecule has 2 aliphatic carbocycles. The van der Waals surface area contributed by atoms with E-state index in [4.69, 9.17) is 16.3 Å². The SMILES string of the molecule is O=C(O)[C@](F)([C@H](O)Cc1ccc(F)c(OC2=CC=CCC2)c1)[C@@H](c1ccc(Cl)cc1)C1CC1. The molecule has 2 aromatic carbocycles. The number of halogens is 3. The van der Waals surface area contributed by atoms with E-state index in [9.17, 15) is 19.4 Å². The summed E-state index contributed by atoms with van der Waals surface area (Å²) < 4.78 is 36.2. The number of allylic oxidation sites excluding steroid dienone is 4.